The van der Waals surface area contributed by atoms with Crippen LogP contribution in [-0.2, 0) is 6.42 Å². The SMILES string of the molecule is C#CCc1ccc(C2=NC(NC(/C=C(\C)C3CC3)=NC)=CCN2C)cc1.CCC. The summed E-state index contributed by atoms with van der Waals surface area (Å²) in [6.45, 7) is 7.23. The third-order valence-electron chi connectivity index (χ3n) is 4.75. The van der Waals surface area contributed by atoms with Gasteiger partial charge in [-0.3, -0.25) is 4.99 Å². The van der Waals surface area contributed by atoms with Crippen molar-refractivity contribution < 1.29 is 0 Å². The van der Waals surface area contributed by atoms with Gasteiger partial charge in [0, 0.05) is 32.6 Å². The van der Waals surface area contributed by atoms with Gasteiger partial charge in [-0.2, -0.15) is 0 Å². The van der Waals surface area contributed by atoms with Crippen molar-refractivity contribution in [2.75, 3.05) is 20.6 Å². The molecule has 1 aliphatic carbocycles. The summed E-state index contributed by atoms with van der Waals surface area (Å²) >= 11 is 0. The fourth-order valence-electron chi connectivity index (χ4n) is 2.97. The van der Waals surface area contributed by atoms with E-state index in [2.05, 4.69) is 78.3 Å². The molecule has 1 aromatic rings. The number of hydrogen-bond acceptors (Lipinski definition) is 3. The summed E-state index contributed by atoms with van der Waals surface area (Å²) in [5, 5.41) is 3.37. The Hall–Kier alpha value is -2.80. The molecule has 2 aliphatic rings. The number of benzene rings is 1. The molecule has 1 heterocycles. The van der Waals surface area contributed by atoms with Gasteiger partial charge in [-0.25, -0.2) is 4.99 Å². The fourth-order valence-corrected chi connectivity index (χ4v) is 2.97. The highest BCUT2D eigenvalue weighted by Crippen LogP contribution is 2.35. The molecule has 0 bridgehead atoms. The number of nitrogens with zero attached hydrogens (tertiary/aromatic N) is 3. The number of aliphatic imine (C=N–C) groups is 2. The van der Waals surface area contributed by atoms with Gasteiger partial charge in [-0.05, 0) is 43.4 Å². The summed E-state index contributed by atoms with van der Waals surface area (Å²) in [4.78, 5) is 11.3. The van der Waals surface area contributed by atoms with Crippen molar-refractivity contribution in [1.82, 2.24) is 10.2 Å². The van der Waals surface area contributed by atoms with Crippen molar-refractivity contribution >= 4 is 11.7 Å². The molecule has 0 aromatic heterocycles. The molecule has 0 saturated heterocycles. The molecule has 4 heteroatoms. The molecule has 1 fully saturated rings. The normalized spacial score (nSPS) is 16.9. The van der Waals surface area contributed by atoms with Crippen LogP contribution in [-0.4, -0.2) is 37.2 Å². The van der Waals surface area contributed by atoms with Crippen molar-refractivity contribution in [2.45, 2.75) is 46.5 Å². The number of hydrogen-bond donors (Lipinski definition) is 1. The van der Waals surface area contributed by atoms with Gasteiger partial charge in [0.1, 0.15) is 17.5 Å². The Morgan fingerprint density at radius 1 is 1.31 bits per heavy atom. The third kappa shape index (κ3) is 6.94. The van der Waals surface area contributed by atoms with E-state index in [1.165, 1.54) is 24.8 Å². The second kappa shape index (κ2) is 11.3. The van der Waals surface area contributed by atoms with Crippen LogP contribution >= 0.6 is 0 Å². The fraction of sp³-hybridized carbons (Fsp3) is 0.440. The number of terminal acetylenes is 1. The van der Waals surface area contributed by atoms with Crippen LogP contribution in [0.5, 0.6) is 0 Å². The van der Waals surface area contributed by atoms with Crippen LogP contribution in [0.15, 0.2) is 57.8 Å². The Morgan fingerprint density at radius 3 is 2.52 bits per heavy atom. The molecule has 1 N–H and O–H groups in total. The van der Waals surface area contributed by atoms with Crippen LogP contribution in [0, 0.1) is 18.3 Å². The first kappa shape index (κ1) is 22.5. The zero-order chi connectivity index (χ0) is 21.2. The second-order valence-corrected chi connectivity index (χ2v) is 7.59. The Kier molecular flexibility index (Phi) is 8.73. The van der Waals surface area contributed by atoms with E-state index in [1.54, 1.807) is 0 Å². The maximum Gasteiger partial charge on any atom is 0.138 e. The number of rotatable bonds is 5. The number of allylic oxidation sites excluding steroid dienone is 1. The maximum absolute atomic E-state index is 5.38. The van der Waals surface area contributed by atoms with E-state index in [0.717, 1.165) is 41.1 Å². The first-order valence-corrected chi connectivity index (χ1v) is 10.5. The first-order chi connectivity index (χ1) is 14.0. The minimum Gasteiger partial charge on any atom is -0.355 e. The maximum atomic E-state index is 5.38. The van der Waals surface area contributed by atoms with Crippen molar-refractivity contribution in [3.8, 4) is 12.3 Å². The lowest BCUT2D eigenvalue weighted by Gasteiger charge is -2.25. The van der Waals surface area contributed by atoms with E-state index < -0.39 is 0 Å². The monoisotopic (exact) mass is 390 g/mol. The largest absolute Gasteiger partial charge is 0.355 e. The number of amidine groups is 2. The van der Waals surface area contributed by atoms with Gasteiger partial charge in [-0.1, -0.05) is 50.1 Å². The van der Waals surface area contributed by atoms with Gasteiger partial charge in [-0.15, -0.1) is 12.3 Å². The lowest BCUT2D eigenvalue weighted by Crippen LogP contribution is -2.34. The molecule has 0 atom stereocenters. The predicted molar refractivity (Wildman–Crippen MR) is 125 cm³/mol. The van der Waals surface area contributed by atoms with Crippen LogP contribution in [0.3, 0.4) is 0 Å². The topological polar surface area (TPSA) is 40.0 Å². The summed E-state index contributed by atoms with van der Waals surface area (Å²) < 4.78 is 0. The van der Waals surface area contributed by atoms with Crippen LogP contribution in [0.4, 0.5) is 0 Å². The van der Waals surface area contributed by atoms with Gasteiger partial charge >= 0.3 is 0 Å². The average molecular weight is 391 g/mol. The highest BCUT2D eigenvalue weighted by atomic mass is 15.2. The molecule has 1 aliphatic heterocycles. The molecule has 0 spiro atoms. The molecule has 1 aromatic carbocycles. The van der Waals surface area contributed by atoms with E-state index in [-0.39, 0.29) is 0 Å². The minimum atomic E-state index is 0.651. The summed E-state index contributed by atoms with van der Waals surface area (Å²) in [6.07, 6.45) is 14.1. The van der Waals surface area contributed by atoms with E-state index in [0.29, 0.717) is 6.42 Å². The van der Waals surface area contributed by atoms with Crippen LogP contribution in [0.25, 0.3) is 0 Å². The zero-order valence-electron chi connectivity index (χ0n) is 18.5. The summed E-state index contributed by atoms with van der Waals surface area (Å²) in [7, 11) is 3.86. The van der Waals surface area contributed by atoms with Crippen molar-refractivity contribution in [1.29, 1.82) is 0 Å². The lowest BCUT2D eigenvalue weighted by molar-refractivity contribution is 0.550. The van der Waals surface area contributed by atoms with Gasteiger partial charge in [0.25, 0.3) is 0 Å². The zero-order valence-corrected chi connectivity index (χ0v) is 18.5. The summed E-state index contributed by atoms with van der Waals surface area (Å²) in [5.74, 6) is 6.06. The highest BCUT2D eigenvalue weighted by Gasteiger charge is 2.23. The molecular weight excluding hydrogens is 356 g/mol. The van der Waals surface area contributed by atoms with Gasteiger partial charge in [0.05, 0.1) is 0 Å². The second-order valence-electron chi connectivity index (χ2n) is 7.59. The number of likely N-dealkylation sites (N-methyl/N-ethyl adjacent to an activating group) is 1. The van der Waals surface area contributed by atoms with Crippen molar-refractivity contribution in [3.05, 3.63) is 58.9 Å². The molecule has 0 unspecified atom stereocenters. The lowest BCUT2D eigenvalue weighted by atomic mass is 10.1. The van der Waals surface area contributed by atoms with Crippen molar-refractivity contribution in [3.63, 3.8) is 0 Å². The Morgan fingerprint density at radius 2 is 1.97 bits per heavy atom. The third-order valence-corrected chi connectivity index (χ3v) is 4.75. The molecule has 0 amide bonds. The predicted octanol–water partition coefficient (Wildman–Crippen LogP) is 4.79. The molecule has 1 saturated carbocycles. The summed E-state index contributed by atoms with van der Waals surface area (Å²) in [6, 6.07) is 8.29. The van der Waals surface area contributed by atoms with Crippen LogP contribution in [0.2, 0.25) is 0 Å². The smallest absolute Gasteiger partial charge is 0.138 e. The van der Waals surface area contributed by atoms with Crippen LogP contribution < -0.4 is 5.32 Å². The van der Waals surface area contributed by atoms with E-state index in [1.807, 2.05) is 14.1 Å². The molecule has 4 nitrogen and oxygen atoms in total. The van der Waals surface area contributed by atoms with E-state index in [9.17, 15) is 0 Å². The Bertz CT molecular complexity index is 831. The molecule has 154 valence electrons. The minimum absolute atomic E-state index is 0.651. The van der Waals surface area contributed by atoms with Gasteiger partial charge < -0.3 is 10.2 Å². The molecule has 3 rings (SSSR count). The molecular formula is C25H34N4. The quantitative estimate of drug-likeness (QED) is 0.446. The van der Waals surface area contributed by atoms with E-state index >= 15 is 0 Å². The Labute approximate surface area is 176 Å². The number of nitrogens with one attached hydrogen (secondary N) is 1. The Balaban J connectivity index is 0.000000941. The van der Waals surface area contributed by atoms with Crippen molar-refractivity contribution in [2.24, 2.45) is 15.9 Å². The van der Waals surface area contributed by atoms with Gasteiger partial charge in [0.2, 0.25) is 0 Å². The molecule has 29 heavy (non-hydrogen) atoms. The molecule has 0 radical (unpaired) electrons. The van der Waals surface area contributed by atoms with Crippen LogP contribution in [0.1, 0.15) is 51.2 Å². The van der Waals surface area contributed by atoms with E-state index in [4.69, 9.17) is 11.4 Å². The van der Waals surface area contributed by atoms with Gasteiger partial charge in [0.15, 0.2) is 0 Å². The summed E-state index contributed by atoms with van der Waals surface area (Å²) in [5.41, 5.74) is 3.62. The standard InChI is InChI=1S/C22H26N4.C3H8/c1-5-6-17-7-9-19(10-8-17)22-25-20(13-14-26(22)4)24-21(23-3)15-16(2)18-11-12-18;1-3-2/h1,7-10,13,15,18H,6,11-12,14H2,2-4H3,(H,23,24);3H2,1-2H3/b16-15+;. The first-order valence-electron chi connectivity index (χ1n) is 10.5. The highest BCUT2D eigenvalue weighted by molar-refractivity contribution is 6.01. The average Bonchev–Trinajstić information content (AvgIpc) is 3.56.